The molecule has 3 aromatic heterocycles. The zero-order valence-corrected chi connectivity index (χ0v) is 30.2. The number of hydrogen-bond acceptors (Lipinski definition) is 4. The van der Waals surface area contributed by atoms with Gasteiger partial charge in [0.15, 0.2) is 17.5 Å². The van der Waals surface area contributed by atoms with Gasteiger partial charge in [0.2, 0.25) is 0 Å². The highest BCUT2D eigenvalue weighted by Gasteiger charge is 2.21. The van der Waals surface area contributed by atoms with Gasteiger partial charge in [0.25, 0.3) is 0 Å². The topological polar surface area (TPSA) is 56.7 Å². The largest absolute Gasteiger partial charge is 0.455 e. The molecule has 0 N–H and O–H groups in total. The summed E-state index contributed by atoms with van der Waals surface area (Å²) in [6.07, 6.45) is 0. The fraction of sp³-hybridized carbons (Fsp3) is 0. The van der Waals surface area contributed by atoms with E-state index in [1.54, 1.807) is 0 Å². The second kappa shape index (κ2) is 13.0. The van der Waals surface area contributed by atoms with E-state index in [4.69, 9.17) is 19.4 Å². The van der Waals surface area contributed by atoms with E-state index in [0.29, 0.717) is 17.5 Å². The van der Waals surface area contributed by atoms with E-state index in [1.807, 2.05) is 54.6 Å². The highest BCUT2D eigenvalue weighted by atomic mass is 16.3. The van der Waals surface area contributed by atoms with Crippen molar-refractivity contribution < 1.29 is 4.42 Å². The predicted octanol–water partition coefficient (Wildman–Crippen LogP) is 13.2. The summed E-state index contributed by atoms with van der Waals surface area (Å²) in [5.74, 6) is 1.78. The first kappa shape index (κ1) is 31.9. The molecule has 11 aromatic rings. The molecule has 0 unspecified atom stereocenters. The maximum atomic E-state index is 6.78. The third-order valence-electron chi connectivity index (χ3n) is 10.6. The molecule has 262 valence electrons. The molecule has 0 fully saturated rings. The van der Waals surface area contributed by atoms with E-state index in [2.05, 4.69) is 144 Å². The molecule has 56 heavy (non-hydrogen) atoms. The minimum Gasteiger partial charge on any atom is -0.455 e. The molecular formula is C51H32N4O. The van der Waals surface area contributed by atoms with Crippen LogP contribution in [0.25, 0.3) is 106 Å². The molecule has 5 heteroatoms. The summed E-state index contributed by atoms with van der Waals surface area (Å²) in [6.45, 7) is 0. The van der Waals surface area contributed by atoms with Crippen molar-refractivity contribution in [2.45, 2.75) is 0 Å². The lowest BCUT2D eigenvalue weighted by Gasteiger charge is -2.11. The molecule has 5 nitrogen and oxygen atoms in total. The average molecular weight is 717 g/mol. The monoisotopic (exact) mass is 716 g/mol. The van der Waals surface area contributed by atoms with Crippen molar-refractivity contribution in [1.29, 1.82) is 0 Å². The van der Waals surface area contributed by atoms with Gasteiger partial charge in [-0.05, 0) is 59.2 Å². The van der Waals surface area contributed by atoms with Crippen LogP contribution in [0.1, 0.15) is 0 Å². The van der Waals surface area contributed by atoms with Gasteiger partial charge in [0, 0.05) is 49.5 Å². The van der Waals surface area contributed by atoms with E-state index in [0.717, 1.165) is 77.6 Å². The summed E-state index contributed by atoms with van der Waals surface area (Å²) < 4.78 is 9.10. The number of benzene rings is 8. The van der Waals surface area contributed by atoms with Crippen molar-refractivity contribution in [2.75, 3.05) is 0 Å². The van der Waals surface area contributed by atoms with Crippen molar-refractivity contribution in [3.63, 3.8) is 0 Å². The van der Waals surface area contributed by atoms with Gasteiger partial charge in [-0.15, -0.1) is 0 Å². The van der Waals surface area contributed by atoms with Crippen LogP contribution in [0.2, 0.25) is 0 Å². The standard InChI is InChI=1S/C51H32N4O/c1-5-16-33(17-6-1)37-30-42(34-18-7-2-8-19-34)48-43(31-37)47-41(25-15-27-46(47)56-48)51-53-49(35-20-9-3-10-21-35)52-50(54-51)36-28-29-40-39-24-13-14-26-44(39)55(45(40)32-36)38-22-11-4-12-23-38/h1-32H. The van der Waals surface area contributed by atoms with Crippen LogP contribution in [0.4, 0.5) is 0 Å². The van der Waals surface area contributed by atoms with Gasteiger partial charge >= 0.3 is 0 Å². The first-order valence-corrected chi connectivity index (χ1v) is 18.8. The van der Waals surface area contributed by atoms with Crippen LogP contribution < -0.4 is 0 Å². The Morgan fingerprint density at radius 2 is 0.964 bits per heavy atom. The zero-order valence-electron chi connectivity index (χ0n) is 30.2. The van der Waals surface area contributed by atoms with Crippen LogP contribution in [0, 0.1) is 0 Å². The molecule has 0 aliphatic rings. The lowest BCUT2D eigenvalue weighted by molar-refractivity contribution is 0.670. The van der Waals surface area contributed by atoms with Gasteiger partial charge in [0.1, 0.15) is 11.2 Å². The van der Waals surface area contributed by atoms with Gasteiger partial charge in [-0.3, -0.25) is 0 Å². The minimum atomic E-state index is 0.581. The molecule has 11 rings (SSSR count). The molecular weight excluding hydrogens is 685 g/mol. The number of furan rings is 1. The molecule has 0 spiro atoms. The van der Waals surface area contributed by atoms with Gasteiger partial charge < -0.3 is 8.98 Å². The maximum Gasteiger partial charge on any atom is 0.164 e. The number of fused-ring (bicyclic) bond motifs is 6. The Bertz CT molecular complexity index is 3230. The van der Waals surface area contributed by atoms with E-state index < -0.39 is 0 Å². The van der Waals surface area contributed by atoms with Crippen LogP contribution in [0.15, 0.2) is 199 Å². The Hall–Kier alpha value is -7.63. The SMILES string of the molecule is c1ccc(-c2cc(-c3ccccc3)c3oc4cccc(-c5nc(-c6ccccc6)nc(-c6ccc7c8ccccc8n(-c8ccccc8)c7c6)n5)c4c3c2)cc1. The van der Waals surface area contributed by atoms with Gasteiger partial charge in [-0.1, -0.05) is 152 Å². The third-order valence-corrected chi connectivity index (χ3v) is 10.6. The molecule has 0 atom stereocenters. The molecule has 8 aromatic carbocycles. The molecule has 0 bridgehead atoms. The average Bonchev–Trinajstić information content (AvgIpc) is 3.83. The number of para-hydroxylation sites is 2. The van der Waals surface area contributed by atoms with Gasteiger partial charge in [-0.2, -0.15) is 0 Å². The Balaban J connectivity index is 1.17. The molecule has 0 saturated carbocycles. The van der Waals surface area contributed by atoms with Crippen LogP contribution in [0.5, 0.6) is 0 Å². The smallest absolute Gasteiger partial charge is 0.164 e. The Kier molecular flexibility index (Phi) is 7.42. The summed E-state index contributed by atoms with van der Waals surface area (Å²) in [6, 6.07) is 67.3. The number of hydrogen-bond donors (Lipinski definition) is 0. The second-order valence-electron chi connectivity index (χ2n) is 14.0. The lowest BCUT2D eigenvalue weighted by Crippen LogP contribution is -2.01. The fourth-order valence-corrected chi connectivity index (χ4v) is 8.05. The number of aromatic nitrogens is 4. The van der Waals surface area contributed by atoms with Crippen molar-refractivity contribution in [2.24, 2.45) is 0 Å². The molecule has 0 aliphatic carbocycles. The van der Waals surface area contributed by atoms with Crippen molar-refractivity contribution in [3.8, 4) is 62.1 Å². The van der Waals surface area contributed by atoms with Crippen LogP contribution in [-0.2, 0) is 0 Å². The zero-order chi connectivity index (χ0) is 37.0. The second-order valence-corrected chi connectivity index (χ2v) is 14.0. The Morgan fingerprint density at radius 1 is 0.357 bits per heavy atom. The Morgan fingerprint density at radius 3 is 1.71 bits per heavy atom. The normalized spacial score (nSPS) is 11.6. The van der Waals surface area contributed by atoms with Crippen molar-refractivity contribution in [3.05, 3.63) is 194 Å². The van der Waals surface area contributed by atoms with E-state index >= 15 is 0 Å². The molecule has 0 aliphatic heterocycles. The summed E-state index contributed by atoms with van der Waals surface area (Å²) in [5, 5.41) is 4.34. The highest BCUT2D eigenvalue weighted by molar-refractivity contribution is 6.16. The predicted molar refractivity (Wildman–Crippen MR) is 229 cm³/mol. The van der Waals surface area contributed by atoms with Crippen molar-refractivity contribution in [1.82, 2.24) is 19.5 Å². The minimum absolute atomic E-state index is 0.581. The lowest BCUT2D eigenvalue weighted by atomic mass is 9.95. The molecule has 3 heterocycles. The van der Waals surface area contributed by atoms with E-state index in [9.17, 15) is 0 Å². The van der Waals surface area contributed by atoms with Gasteiger partial charge in [0.05, 0.1) is 11.0 Å². The van der Waals surface area contributed by atoms with Gasteiger partial charge in [-0.25, -0.2) is 15.0 Å². The number of nitrogens with zero attached hydrogens (tertiary/aromatic N) is 4. The summed E-state index contributed by atoms with van der Waals surface area (Å²) in [5.41, 5.74) is 12.0. The fourth-order valence-electron chi connectivity index (χ4n) is 8.05. The quantitative estimate of drug-likeness (QED) is 0.172. The molecule has 0 saturated heterocycles. The van der Waals surface area contributed by atoms with Crippen LogP contribution in [-0.4, -0.2) is 19.5 Å². The molecule has 0 amide bonds. The molecule has 0 radical (unpaired) electrons. The Labute approximate surface area is 322 Å². The van der Waals surface area contributed by atoms with Crippen LogP contribution in [0.3, 0.4) is 0 Å². The summed E-state index contributed by atoms with van der Waals surface area (Å²) >= 11 is 0. The summed E-state index contributed by atoms with van der Waals surface area (Å²) in [4.78, 5) is 15.6. The van der Waals surface area contributed by atoms with Crippen LogP contribution >= 0.6 is 0 Å². The maximum absolute atomic E-state index is 6.78. The van der Waals surface area contributed by atoms with E-state index in [1.165, 1.54) is 10.8 Å². The number of rotatable bonds is 6. The highest BCUT2D eigenvalue weighted by Crippen LogP contribution is 2.43. The third kappa shape index (κ3) is 5.29. The first-order chi connectivity index (χ1) is 27.8. The van der Waals surface area contributed by atoms with E-state index in [-0.39, 0.29) is 0 Å². The van der Waals surface area contributed by atoms with Crippen molar-refractivity contribution >= 4 is 43.7 Å². The first-order valence-electron chi connectivity index (χ1n) is 18.8. The summed E-state index contributed by atoms with van der Waals surface area (Å²) in [7, 11) is 0.